The van der Waals surface area contributed by atoms with Gasteiger partial charge in [-0.3, -0.25) is 0 Å². The van der Waals surface area contributed by atoms with E-state index >= 15 is 0 Å². The second-order valence-electron chi connectivity index (χ2n) is 4.55. The Balaban J connectivity index is 2.02. The number of carboxylic acid groups (broad SMARTS) is 1. The first-order chi connectivity index (χ1) is 9.49. The number of halogens is 1. The van der Waals surface area contributed by atoms with Crippen LogP contribution in [-0.4, -0.2) is 39.7 Å². The number of thioether (sulfide) groups is 1. The van der Waals surface area contributed by atoms with Crippen molar-refractivity contribution < 1.29 is 14.7 Å². The number of amides is 2. The summed E-state index contributed by atoms with van der Waals surface area (Å²) in [5.74, 6) is -0.153. The van der Waals surface area contributed by atoms with E-state index in [1.165, 1.54) is 16.7 Å². The summed E-state index contributed by atoms with van der Waals surface area (Å²) in [6.07, 6.45) is 0. The van der Waals surface area contributed by atoms with Gasteiger partial charge < -0.3 is 15.3 Å². The van der Waals surface area contributed by atoms with Crippen LogP contribution in [-0.2, 0) is 4.79 Å². The van der Waals surface area contributed by atoms with E-state index in [1.54, 1.807) is 12.1 Å². The number of carbonyl (C=O) groups excluding carboxylic acids is 1. The van der Waals surface area contributed by atoms with Gasteiger partial charge in [0, 0.05) is 10.8 Å². The summed E-state index contributed by atoms with van der Waals surface area (Å²) < 4.78 is 0. The van der Waals surface area contributed by atoms with Gasteiger partial charge in [0.25, 0.3) is 0 Å². The van der Waals surface area contributed by atoms with Crippen molar-refractivity contribution in [2.45, 2.75) is 19.0 Å². The Kier molecular flexibility index (Phi) is 4.77. The van der Waals surface area contributed by atoms with Crippen molar-refractivity contribution in [1.29, 1.82) is 0 Å². The second-order valence-corrected chi connectivity index (χ2v) is 5.99. The molecule has 2 N–H and O–H groups in total. The van der Waals surface area contributed by atoms with Gasteiger partial charge in [0.2, 0.25) is 0 Å². The molecule has 5 nitrogen and oxygen atoms in total. The zero-order valence-corrected chi connectivity index (χ0v) is 12.4. The number of aliphatic carboxylic acids is 1. The number of carbonyl (C=O) groups is 2. The van der Waals surface area contributed by atoms with E-state index in [9.17, 15) is 9.59 Å². The average Bonchev–Trinajstić information content (AvgIpc) is 2.88. The molecule has 2 atom stereocenters. The summed E-state index contributed by atoms with van der Waals surface area (Å²) in [6.45, 7) is 1.84. The van der Waals surface area contributed by atoms with Crippen LogP contribution in [0.2, 0.25) is 5.02 Å². The molecule has 108 valence electrons. The third-order valence-electron chi connectivity index (χ3n) is 3.12. The molecule has 1 aromatic rings. The average molecular weight is 315 g/mol. The number of nitrogens with one attached hydrogen (secondary N) is 1. The molecule has 0 saturated carbocycles. The Morgan fingerprint density at radius 3 is 2.95 bits per heavy atom. The van der Waals surface area contributed by atoms with Gasteiger partial charge >= 0.3 is 12.0 Å². The summed E-state index contributed by atoms with van der Waals surface area (Å²) in [7, 11) is 0. The highest BCUT2D eigenvalue weighted by atomic mass is 35.5. The van der Waals surface area contributed by atoms with E-state index in [0.717, 1.165) is 5.56 Å². The van der Waals surface area contributed by atoms with E-state index in [0.29, 0.717) is 16.7 Å². The second kappa shape index (κ2) is 6.37. The maximum Gasteiger partial charge on any atom is 0.327 e. The van der Waals surface area contributed by atoms with Gasteiger partial charge in [0.05, 0.1) is 11.9 Å². The molecule has 1 aliphatic heterocycles. The van der Waals surface area contributed by atoms with Gasteiger partial charge in [-0.1, -0.05) is 23.7 Å². The summed E-state index contributed by atoms with van der Waals surface area (Å²) >= 11 is 7.35. The maximum atomic E-state index is 12.1. The summed E-state index contributed by atoms with van der Waals surface area (Å²) in [5, 5.41) is 12.5. The van der Waals surface area contributed by atoms with E-state index in [2.05, 4.69) is 5.32 Å². The molecule has 1 unspecified atom stereocenters. The molecule has 0 bridgehead atoms. The Labute approximate surface area is 126 Å². The Morgan fingerprint density at radius 1 is 1.55 bits per heavy atom. The SMILES string of the molecule is CC(NC(=O)N1CSC[C@H]1C(=O)O)c1cccc(Cl)c1. The molecule has 2 amide bonds. The topological polar surface area (TPSA) is 69.6 Å². The summed E-state index contributed by atoms with van der Waals surface area (Å²) in [4.78, 5) is 24.5. The van der Waals surface area contributed by atoms with Crippen LogP contribution in [0.1, 0.15) is 18.5 Å². The van der Waals surface area contributed by atoms with Crippen molar-refractivity contribution >= 4 is 35.4 Å². The molecule has 1 heterocycles. The molecule has 0 radical (unpaired) electrons. The van der Waals surface area contributed by atoms with Gasteiger partial charge in [0.15, 0.2) is 0 Å². The fraction of sp³-hybridized carbons (Fsp3) is 0.385. The lowest BCUT2D eigenvalue weighted by atomic mass is 10.1. The minimum absolute atomic E-state index is 0.235. The zero-order valence-electron chi connectivity index (χ0n) is 10.9. The number of hydrogen-bond acceptors (Lipinski definition) is 3. The van der Waals surface area contributed by atoms with Crippen molar-refractivity contribution in [3.8, 4) is 0 Å². The maximum absolute atomic E-state index is 12.1. The number of nitrogens with zero attached hydrogens (tertiary/aromatic N) is 1. The monoisotopic (exact) mass is 314 g/mol. The van der Waals surface area contributed by atoms with Gasteiger partial charge in [0.1, 0.15) is 6.04 Å². The summed E-state index contributed by atoms with van der Waals surface area (Å²) in [6, 6.07) is 5.86. The first-order valence-electron chi connectivity index (χ1n) is 6.12. The minimum Gasteiger partial charge on any atom is -0.480 e. The molecule has 0 aromatic heterocycles. The lowest BCUT2D eigenvalue weighted by Crippen LogP contribution is -2.47. The molecule has 1 fully saturated rings. The van der Waals surface area contributed by atoms with Crippen LogP contribution in [0.3, 0.4) is 0 Å². The molecule has 1 saturated heterocycles. The third-order valence-corrected chi connectivity index (χ3v) is 4.36. The first kappa shape index (κ1) is 15.0. The molecule has 2 rings (SSSR count). The van der Waals surface area contributed by atoms with Crippen molar-refractivity contribution in [2.24, 2.45) is 0 Å². The van der Waals surface area contributed by atoms with Crippen LogP contribution in [0.25, 0.3) is 0 Å². The minimum atomic E-state index is -0.972. The fourth-order valence-electron chi connectivity index (χ4n) is 1.97. The van der Waals surface area contributed by atoms with Gasteiger partial charge in [-0.05, 0) is 24.6 Å². The molecule has 0 spiro atoms. The fourth-order valence-corrected chi connectivity index (χ4v) is 3.32. The van der Waals surface area contributed by atoms with Gasteiger partial charge in [-0.2, -0.15) is 0 Å². The standard InChI is InChI=1S/C13H15ClN2O3S/c1-8(9-3-2-4-10(14)5-9)15-13(19)16-7-20-6-11(16)12(17)18/h2-5,8,11H,6-7H2,1H3,(H,15,19)(H,17,18)/t8?,11-/m0/s1. The predicted octanol–water partition coefficient (Wildman–Crippen LogP) is 2.57. The highest BCUT2D eigenvalue weighted by molar-refractivity contribution is 7.99. The van der Waals surface area contributed by atoms with Crippen LogP contribution in [0, 0.1) is 0 Å². The highest BCUT2D eigenvalue weighted by Gasteiger charge is 2.35. The third kappa shape index (κ3) is 3.37. The molecule has 7 heteroatoms. The number of hydrogen-bond donors (Lipinski definition) is 2. The van der Waals surface area contributed by atoms with Crippen molar-refractivity contribution in [3.05, 3.63) is 34.9 Å². The van der Waals surface area contributed by atoms with E-state index in [4.69, 9.17) is 16.7 Å². The predicted molar refractivity (Wildman–Crippen MR) is 79.0 cm³/mol. The molecular formula is C13H15ClN2O3S. The molecule has 1 aromatic carbocycles. The molecule has 1 aliphatic rings. The van der Waals surface area contributed by atoms with Crippen LogP contribution in [0.15, 0.2) is 24.3 Å². The lowest BCUT2D eigenvalue weighted by molar-refractivity contribution is -0.140. The molecular weight excluding hydrogens is 300 g/mol. The van der Waals surface area contributed by atoms with Crippen molar-refractivity contribution in [1.82, 2.24) is 10.2 Å². The number of rotatable bonds is 3. The van der Waals surface area contributed by atoms with Crippen molar-refractivity contribution in [3.63, 3.8) is 0 Å². The normalized spacial score (nSPS) is 19.7. The van der Waals surface area contributed by atoms with Crippen LogP contribution >= 0.6 is 23.4 Å². The van der Waals surface area contributed by atoms with Gasteiger partial charge in [-0.25, -0.2) is 9.59 Å². The molecule has 20 heavy (non-hydrogen) atoms. The number of urea groups is 1. The number of benzene rings is 1. The largest absolute Gasteiger partial charge is 0.480 e. The zero-order chi connectivity index (χ0) is 14.7. The Hall–Kier alpha value is -1.40. The van der Waals surface area contributed by atoms with Crippen LogP contribution < -0.4 is 5.32 Å². The van der Waals surface area contributed by atoms with Crippen molar-refractivity contribution in [2.75, 3.05) is 11.6 Å². The Bertz CT molecular complexity index is 526. The lowest BCUT2D eigenvalue weighted by Gasteiger charge is -2.23. The van der Waals surface area contributed by atoms with Crippen LogP contribution in [0.5, 0.6) is 0 Å². The quantitative estimate of drug-likeness (QED) is 0.899. The number of carboxylic acids is 1. The van der Waals surface area contributed by atoms with E-state index in [-0.39, 0.29) is 12.1 Å². The van der Waals surface area contributed by atoms with Crippen LogP contribution in [0.4, 0.5) is 4.79 Å². The van der Waals surface area contributed by atoms with E-state index < -0.39 is 12.0 Å². The summed E-state index contributed by atoms with van der Waals surface area (Å²) in [5.41, 5.74) is 0.879. The Morgan fingerprint density at radius 2 is 2.30 bits per heavy atom. The smallest absolute Gasteiger partial charge is 0.327 e. The first-order valence-corrected chi connectivity index (χ1v) is 7.65. The highest BCUT2D eigenvalue weighted by Crippen LogP contribution is 2.23. The molecule has 0 aliphatic carbocycles. The van der Waals surface area contributed by atoms with E-state index in [1.807, 2.05) is 19.1 Å². The van der Waals surface area contributed by atoms with Gasteiger partial charge in [-0.15, -0.1) is 11.8 Å².